The molecule has 1 heterocycles. The van der Waals surface area contributed by atoms with Gasteiger partial charge >= 0.3 is 0 Å². The molecule has 41 heavy (non-hydrogen) atoms. The lowest BCUT2D eigenvalue weighted by molar-refractivity contribution is 0.0955. The second-order valence-corrected chi connectivity index (χ2v) is 10.1. The Morgan fingerprint density at radius 2 is 1.73 bits per heavy atom. The molecule has 0 radical (unpaired) electrons. The van der Waals surface area contributed by atoms with Crippen molar-refractivity contribution in [1.82, 2.24) is 10.4 Å². The second kappa shape index (κ2) is 13.6. The van der Waals surface area contributed by atoms with Gasteiger partial charge in [-0.05, 0) is 61.0 Å². The van der Waals surface area contributed by atoms with Gasteiger partial charge in [-0.3, -0.25) is 4.79 Å². The number of amides is 1. The molecule has 4 aromatic carbocycles. The maximum absolute atomic E-state index is 12.7. The number of carbonyl (C=O) groups excluding carboxylic acids is 1. The Morgan fingerprint density at radius 1 is 0.951 bits per heavy atom. The summed E-state index contributed by atoms with van der Waals surface area (Å²) in [4.78, 5) is 17.3. The van der Waals surface area contributed by atoms with E-state index in [9.17, 15) is 4.79 Å². The predicted octanol–water partition coefficient (Wildman–Crippen LogP) is 7.95. The van der Waals surface area contributed by atoms with Crippen LogP contribution >= 0.6 is 22.9 Å². The van der Waals surface area contributed by atoms with Crippen LogP contribution in [0, 0.1) is 0 Å². The number of halogens is 1. The van der Waals surface area contributed by atoms with Crippen LogP contribution < -0.4 is 20.2 Å². The van der Waals surface area contributed by atoms with Gasteiger partial charge in [0.2, 0.25) is 0 Å². The normalized spacial score (nSPS) is 10.9. The van der Waals surface area contributed by atoms with Gasteiger partial charge in [0.15, 0.2) is 16.6 Å². The van der Waals surface area contributed by atoms with E-state index in [4.69, 9.17) is 21.1 Å². The van der Waals surface area contributed by atoms with E-state index in [-0.39, 0.29) is 5.91 Å². The zero-order valence-electron chi connectivity index (χ0n) is 22.2. The average molecular weight is 583 g/mol. The van der Waals surface area contributed by atoms with Gasteiger partial charge in [-0.15, -0.1) is 11.3 Å². The minimum Gasteiger partial charge on any atom is -0.490 e. The Hall–Kier alpha value is -4.66. The number of nitrogens with zero attached hydrogens (tertiary/aromatic N) is 2. The molecule has 0 fully saturated rings. The summed E-state index contributed by atoms with van der Waals surface area (Å²) in [6, 6.07) is 30.1. The number of rotatable bonds is 11. The standard InChI is InChI=1S/C32H27ClN4O3S/c1-2-39-30-18-22(12-17-29(30)40-20-25-8-6-7-11-27(25)33)19-34-37-31(38)24-15-13-23(14-16-24)28-21-41-32(36-28)35-26-9-4-3-5-10-26/h3-19,21H,2,20H2,1H3,(H,35,36)(H,37,38)/b34-19-. The van der Waals surface area contributed by atoms with E-state index >= 15 is 0 Å². The van der Waals surface area contributed by atoms with Crippen molar-refractivity contribution in [3.8, 4) is 22.8 Å². The number of hydrazone groups is 1. The van der Waals surface area contributed by atoms with Crippen molar-refractivity contribution >= 4 is 45.9 Å². The fraction of sp³-hybridized carbons (Fsp3) is 0.0938. The minimum absolute atomic E-state index is 0.316. The van der Waals surface area contributed by atoms with Crippen LogP contribution in [0.15, 0.2) is 108 Å². The SMILES string of the molecule is CCOc1cc(/C=N\NC(=O)c2ccc(-c3csc(Nc4ccccc4)n3)cc2)ccc1OCc1ccccc1Cl. The third-order valence-electron chi connectivity index (χ3n) is 5.96. The number of hydrogen-bond acceptors (Lipinski definition) is 7. The first-order chi connectivity index (χ1) is 20.1. The molecule has 0 spiro atoms. The van der Waals surface area contributed by atoms with Crippen LogP contribution in [0.2, 0.25) is 5.02 Å². The summed E-state index contributed by atoms with van der Waals surface area (Å²) in [6.45, 7) is 2.69. The van der Waals surface area contributed by atoms with Gasteiger partial charge in [-0.1, -0.05) is 60.1 Å². The first-order valence-corrected chi connectivity index (χ1v) is 14.2. The van der Waals surface area contributed by atoms with Crippen molar-refractivity contribution in [2.45, 2.75) is 13.5 Å². The number of para-hydroxylation sites is 1. The maximum atomic E-state index is 12.7. The lowest BCUT2D eigenvalue weighted by Gasteiger charge is -2.13. The molecular weight excluding hydrogens is 556 g/mol. The highest BCUT2D eigenvalue weighted by Crippen LogP contribution is 2.30. The summed E-state index contributed by atoms with van der Waals surface area (Å²) >= 11 is 7.76. The molecule has 1 amide bonds. The zero-order valence-corrected chi connectivity index (χ0v) is 23.8. The number of ether oxygens (including phenoxy) is 2. The maximum Gasteiger partial charge on any atom is 0.271 e. The van der Waals surface area contributed by atoms with Crippen LogP contribution in [-0.4, -0.2) is 23.7 Å². The largest absolute Gasteiger partial charge is 0.490 e. The minimum atomic E-state index is -0.317. The highest BCUT2D eigenvalue weighted by atomic mass is 35.5. The highest BCUT2D eigenvalue weighted by Gasteiger charge is 2.10. The average Bonchev–Trinajstić information content (AvgIpc) is 3.46. The fourth-order valence-electron chi connectivity index (χ4n) is 3.89. The lowest BCUT2D eigenvalue weighted by Crippen LogP contribution is -2.17. The number of aromatic nitrogens is 1. The van der Waals surface area contributed by atoms with E-state index in [2.05, 4.69) is 20.8 Å². The molecule has 206 valence electrons. The Bertz CT molecular complexity index is 1640. The van der Waals surface area contributed by atoms with E-state index in [1.807, 2.05) is 97.2 Å². The first-order valence-electron chi connectivity index (χ1n) is 12.9. The third-order valence-corrected chi connectivity index (χ3v) is 7.09. The van der Waals surface area contributed by atoms with Crippen molar-refractivity contribution in [1.29, 1.82) is 0 Å². The Kier molecular flexibility index (Phi) is 9.26. The molecule has 2 N–H and O–H groups in total. The summed E-state index contributed by atoms with van der Waals surface area (Å²) in [5.41, 5.74) is 7.43. The number of anilines is 2. The molecular formula is C32H27ClN4O3S. The van der Waals surface area contributed by atoms with E-state index in [1.54, 1.807) is 18.3 Å². The van der Waals surface area contributed by atoms with Crippen molar-refractivity contribution in [2.24, 2.45) is 5.10 Å². The van der Waals surface area contributed by atoms with Gasteiger partial charge in [-0.2, -0.15) is 5.10 Å². The van der Waals surface area contributed by atoms with Gasteiger partial charge in [-0.25, -0.2) is 10.4 Å². The van der Waals surface area contributed by atoms with Crippen LogP contribution in [-0.2, 0) is 6.61 Å². The van der Waals surface area contributed by atoms with Crippen LogP contribution in [0.4, 0.5) is 10.8 Å². The molecule has 9 heteroatoms. The Balaban J connectivity index is 1.18. The number of thiazole rings is 1. The molecule has 0 aliphatic carbocycles. The molecule has 5 aromatic rings. The van der Waals surface area contributed by atoms with Gasteiger partial charge in [0.1, 0.15) is 6.61 Å². The van der Waals surface area contributed by atoms with Crippen molar-refractivity contribution < 1.29 is 14.3 Å². The first kappa shape index (κ1) is 27.9. The molecule has 0 aliphatic heterocycles. The molecule has 0 aliphatic rings. The van der Waals surface area contributed by atoms with E-state index < -0.39 is 0 Å². The van der Waals surface area contributed by atoms with Gasteiger partial charge < -0.3 is 14.8 Å². The van der Waals surface area contributed by atoms with Crippen molar-refractivity contribution in [3.63, 3.8) is 0 Å². The quantitative estimate of drug-likeness (QED) is 0.122. The van der Waals surface area contributed by atoms with Crippen molar-refractivity contribution in [2.75, 3.05) is 11.9 Å². The number of nitrogens with one attached hydrogen (secondary N) is 2. The van der Waals surface area contributed by atoms with Crippen LogP contribution in [0.1, 0.15) is 28.4 Å². The predicted molar refractivity (Wildman–Crippen MR) is 166 cm³/mol. The summed E-state index contributed by atoms with van der Waals surface area (Å²) < 4.78 is 11.7. The smallest absolute Gasteiger partial charge is 0.271 e. The van der Waals surface area contributed by atoms with E-state index in [1.165, 1.54) is 11.3 Å². The summed E-state index contributed by atoms with van der Waals surface area (Å²) in [5, 5.41) is 10.8. The van der Waals surface area contributed by atoms with Crippen molar-refractivity contribution in [3.05, 3.63) is 124 Å². The number of benzene rings is 4. The second-order valence-electron chi connectivity index (χ2n) is 8.82. The summed E-state index contributed by atoms with van der Waals surface area (Å²) in [6.07, 6.45) is 1.56. The molecule has 0 atom stereocenters. The molecule has 7 nitrogen and oxygen atoms in total. The van der Waals surface area contributed by atoms with Gasteiger partial charge in [0, 0.05) is 32.8 Å². The molecule has 0 bridgehead atoms. The number of carbonyl (C=O) groups is 1. The van der Waals surface area contributed by atoms with Gasteiger partial charge in [0.25, 0.3) is 5.91 Å². The molecule has 0 saturated carbocycles. The Morgan fingerprint density at radius 3 is 2.51 bits per heavy atom. The van der Waals surface area contributed by atoms with E-state index in [0.717, 1.165) is 33.2 Å². The third kappa shape index (κ3) is 7.51. The molecule has 5 rings (SSSR count). The van der Waals surface area contributed by atoms with Crippen LogP contribution in [0.5, 0.6) is 11.5 Å². The fourth-order valence-corrected chi connectivity index (χ4v) is 4.82. The zero-order chi connectivity index (χ0) is 28.4. The van der Waals surface area contributed by atoms with E-state index in [0.29, 0.717) is 35.3 Å². The highest BCUT2D eigenvalue weighted by molar-refractivity contribution is 7.14. The topological polar surface area (TPSA) is 84.8 Å². The molecule has 0 saturated heterocycles. The number of hydrogen-bond donors (Lipinski definition) is 2. The molecule has 0 unspecified atom stereocenters. The van der Waals surface area contributed by atoms with Crippen LogP contribution in [0.3, 0.4) is 0 Å². The monoisotopic (exact) mass is 582 g/mol. The lowest BCUT2D eigenvalue weighted by atomic mass is 10.1. The summed E-state index contributed by atoms with van der Waals surface area (Å²) in [7, 11) is 0. The van der Waals surface area contributed by atoms with Crippen LogP contribution in [0.25, 0.3) is 11.3 Å². The van der Waals surface area contributed by atoms with Gasteiger partial charge in [0.05, 0.1) is 18.5 Å². The summed E-state index contributed by atoms with van der Waals surface area (Å²) in [5.74, 6) is 0.855. The Labute approximate surface area is 247 Å². The molecule has 1 aromatic heterocycles.